The van der Waals surface area contributed by atoms with Gasteiger partial charge in [-0.25, -0.2) is 0 Å². The normalized spacial score (nSPS) is 12.1. The van der Waals surface area contributed by atoms with E-state index in [4.69, 9.17) is 22.6 Å². The molecule has 0 saturated heterocycles. The van der Waals surface area contributed by atoms with Gasteiger partial charge in [0.25, 0.3) is 0 Å². The standard InChI is InChI=1S/C10H11ClN2S/c11-9-3-1-8(2-4-9)6-14-7-10(13)5-12/h1-4,10H,6-7,13H2. The van der Waals surface area contributed by atoms with Crippen LogP contribution < -0.4 is 5.73 Å². The molecular weight excluding hydrogens is 216 g/mol. The van der Waals surface area contributed by atoms with E-state index < -0.39 is 0 Å². The van der Waals surface area contributed by atoms with Gasteiger partial charge < -0.3 is 5.73 Å². The number of benzene rings is 1. The Morgan fingerprint density at radius 2 is 2.07 bits per heavy atom. The highest BCUT2D eigenvalue weighted by Crippen LogP contribution is 2.15. The maximum atomic E-state index is 8.46. The Labute approximate surface area is 93.1 Å². The van der Waals surface area contributed by atoms with E-state index in [1.165, 1.54) is 5.56 Å². The van der Waals surface area contributed by atoms with Crippen molar-refractivity contribution >= 4 is 23.4 Å². The highest BCUT2D eigenvalue weighted by molar-refractivity contribution is 7.98. The van der Waals surface area contributed by atoms with Gasteiger partial charge in [-0.05, 0) is 17.7 Å². The van der Waals surface area contributed by atoms with Crippen molar-refractivity contribution in [2.24, 2.45) is 5.73 Å². The van der Waals surface area contributed by atoms with Gasteiger partial charge in [-0.1, -0.05) is 23.7 Å². The van der Waals surface area contributed by atoms with Crippen LogP contribution in [0.5, 0.6) is 0 Å². The number of hydrogen-bond acceptors (Lipinski definition) is 3. The topological polar surface area (TPSA) is 49.8 Å². The maximum absolute atomic E-state index is 8.46. The minimum absolute atomic E-state index is 0.368. The summed E-state index contributed by atoms with van der Waals surface area (Å²) in [6.45, 7) is 0. The van der Waals surface area contributed by atoms with Crippen LogP contribution in [0.3, 0.4) is 0 Å². The lowest BCUT2D eigenvalue weighted by molar-refractivity contribution is 0.953. The molecule has 1 aromatic rings. The smallest absolute Gasteiger partial charge is 0.102 e. The molecule has 0 heterocycles. The molecule has 0 bridgehead atoms. The number of halogens is 1. The van der Waals surface area contributed by atoms with Crippen molar-refractivity contribution in [3.63, 3.8) is 0 Å². The molecule has 0 spiro atoms. The second-order valence-corrected chi connectivity index (χ2v) is 4.34. The molecule has 1 atom stereocenters. The summed E-state index contributed by atoms with van der Waals surface area (Å²) >= 11 is 7.40. The molecule has 0 aliphatic rings. The Hall–Kier alpha value is -0.690. The van der Waals surface area contributed by atoms with Crippen LogP contribution in [0.15, 0.2) is 24.3 Å². The van der Waals surface area contributed by atoms with Gasteiger partial charge in [0.15, 0.2) is 0 Å². The third kappa shape index (κ3) is 4.01. The Bertz CT molecular complexity index is 318. The van der Waals surface area contributed by atoms with Crippen LogP contribution in [-0.4, -0.2) is 11.8 Å². The second-order valence-electron chi connectivity index (χ2n) is 2.88. The Kier molecular flexibility index (Phi) is 4.81. The summed E-state index contributed by atoms with van der Waals surface area (Å²) in [5, 5.41) is 9.21. The number of nitriles is 1. The van der Waals surface area contributed by atoms with Crippen LogP contribution in [0.4, 0.5) is 0 Å². The van der Waals surface area contributed by atoms with Crippen LogP contribution in [0, 0.1) is 11.3 Å². The molecule has 14 heavy (non-hydrogen) atoms. The summed E-state index contributed by atoms with van der Waals surface area (Å²) in [6, 6.07) is 9.31. The highest BCUT2D eigenvalue weighted by Gasteiger charge is 2.00. The Balaban J connectivity index is 2.32. The SMILES string of the molecule is N#CC(N)CSCc1ccc(Cl)cc1. The predicted octanol–water partition coefficient (Wildman–Crippen LogP) is 2.42. The van der Waals surface area contributed by atoms with Gasteiger partial charge in [-0.15, -0.1) is 0 Å². The van der Waals surface area contributed by atoms with Crippen molar-refractivity contribution in [1.82, 2.24) is 0 Å². The van der Waals surface area contributed by atoms with E-state index in [1.807, 2.05) is 30.3 Å². The van der Waals surface area contributed by atoms with E-state index >= 15 is 0 Å². The van der Waals surface area contributed by atoms with Crippen LogP contribution in [0.1, 0.15) is 5.56 Å². The first kappa shape index (κ1) is 11.4. The average molecular weight is 227 g/mol. The fraction of sp³-hybridized carbons (Fsp3) is 0.300. The van der Waals surface area contributed by atoms with Gasteiger partial charge in [-0.3, -0.25) is 0 Å². The summed E-state index contributed by atoms with van der Waals surface area (Å²) < 4.78 is 0. The molecule has 0 saturated carbocycles. The van der Waals surface area contributed by atoms with E-state index in [0.29, 0.717) is 5.75 Å². The molecule has 1 rings (SSSR count). The number of nitrogens with zero attached hydrogens (tertiary/aromatic N) is 1. The number of nitrogens with two attached hydrogens (primary N) is 1. The third-order valence-electron chi connectivity index (χ3n) is 1.65. The van der Waals surface area contributed by atoms with E-state index in [2.05, 4.69) is 0 Å². The summed E-state index contributed by atoms with van der Waals surface area (Å²) in [7, 11) is 0. The predicted molar refractivity (Wildman–Crippen MR) is 61.2 cm³/mol. The van der Waals surface area contributed by atoms with E-state index in [9.17, 15) is 0 Å². The number of thioether (sulfide) groups is 1. The minimum Gasteiger partial charge on any atom is -0.315 e. The lowest BCUT2D eigenvalue weighted by atomic mass is 10.2. The first-order valence-electron chi connectivity index (χ1n) is 4.20. The highest BCUT2D eigenvalue weighted by atomic mass is 35.5. The van der Waals surface area contributed by atoms with Gasteiger partial charge >= 0.3 is 0 Å². The monoisotopic (exact) mass is 226 g/mol. The fourth-order valence-electron chi connectivity index (χ4n) is 0.922. The first-order valence-corrected chi connectivity index (χ1v) is 5.73. The summed E-state index contributed by atoms with van der Waals surface area (Å²) in [4.78, 5) is 0. The zero-order valence-corrected chi connectivity index (χ0v) is 9.18. The van der Waals surface area contributed by atoms with Crippen molar-refractivity contribution in [1.29, 1.82) is 5.26 Å². The van der Waals surface area contributed by atoms with Crippen molar-refractivity contribution in [2.45, 2.75) is 11.8 Å². The molecule has 0 aliphatic heterocycles. The number of rotatable bonds is 4. The van der Waals surface area contributed by atoms with Crippen molar-refractivity contribution in [3.8, 4) is 6.07 Å². The van der Waals surface area contributed by atoms with Gasteiger partial charge in [0.2, 0.25) is 0 Å². The van der Waals surface area contributed by atoms with Crippen LogP contribution in [-0.2, 0) is 5.75 Å². The molecule has 0 aromatic heterocycles. The summed E-state index contributed by atoms with van der Waals surface area (Å²) in [6.07, 6.45) is 0. The molecular formula is C10H11ClN2S. The second kappa shape index (κ2) is 5.92. The van der Waals surface area contributed by atoms with Gasteiger partial charge in [0.1, 0.15) is 6.04 Å². The van der Waals surface area contributed by atoms with Crippen LogP contribution in [0.25, 0.3) is 0 Å². The van der Waals surface area contributed by atoms with E-state index in [-0.39, 0.29) is 6.04 Å². The zero-order chi connectivity index (χ0) is 10.4. The lowest BCUT2D eigenvalue weighted by Crippen LogP contribution is -2.19. The van der Waals surface area contributed by atoms with E-state index in [0.717, 1.165) is 10.8 Å². The summed E-state index contributed by atoms with van der Waals surface area (Å²) in [5.41, 5.74) is 6.66. The Morgan fingerprint density at radius 1 is 1.43 bits per heavy atom. The lowest BCUT2D eigenvalue weighted by Gasteiger charge is -2.03. The van der Waals surface area contributed by atoms with Crippen molar-refractivity contribution in [2.75, 3.05) is 5.75 Å². The zero-order valence-electron chi connectivity index (χ0n) is 7.61. The minimum atomic E-state index is -0.368. The quantitative estimate of drug-likeness (QED) is 0.858. The number of hydrogen-bond donors (Lipinski definition) is 1. The van der Waals surface area contributed by atoms with Crippen molar-refractivity contribution in [3.05, 3.63) is 34.9 Å². The molecule has 0 radical (unpaired) electrons. The summed E-state index contributed by atoms with van der Waals surface area (Å²) in [5.74, 6) is 1.53. The molecule has 1 aromatic carbocycles. The fourth-order valence-corrected chi connectivity index (χ4v) is 1.92. The van der Waals surface area contributed by atoms with Crippen molar-refractivity contribution < 1.29 is 0 Å². The largest absolute Gasteiger partial charge is 0.315 e. The third-order valence-corrected chi connectivity index (χ3v) is 3.03. The van der Waals surface area contributed by atoms with Crippen LogP contribution in [0.2, 0.25) is 5.02 Å². The first-order chi connectivity index (χ1) is 6.72. The maximum Gasteiger partial charge on any atom is 0.102 e. The molecule has 1 unspecified atom stereocenters. The van der Waals surface area contributed by atoms with Gasteiger partial charge in [-0.2, -0.15) is 17.0 Å². The van der Waals surface area contributed by atoms with Gasteiger partial charge in [0, 0.05) is 16.5 Å². The Morgan fingerprint density at radius 3 is 2.64 bits per heavy atom. The molecule has 0 aliphatic carbocycles. The molecule has 0 fully saturated rings. The average Bonchev–Trinajstić information content (AvgIpc) is 2.21. The molecule has 4 heteroatoms. The molecule has 2 N–H and O–H groups in total. The molecule has 2 nitrogen and oxygen atoms in total. The molecule has 74 valence electrons. The molecule has 0 amide bonds. The van der Waals surface area contributed by atoms with E-state index in [1.54, 1.807) is 11.8 Å². The van der Waals surface area contributed by atoms with Gasteiger partial charge in [0.05, 0.1) is 6.07 Å². The van der Waals surface area contributed by atoms with Crippen LogP contribution >= 0.6 is 23.4 Å².